The Balaban J connectivity index is 2.92. The second-order valence-corrected chi connectivity index (χ2v) is 3.25. The van der Waals surface area contributed by atoms with Gasteiger partial charge in [-0.05, 0) is 37.8 Å². The molecule has 0 fully saturated rings. The van der Waals surface area contributed by atoms with E-state index in [1.54, 1.807) is 0 Å². The molecule has 0 N–H and O–H groups in total. The summed E-state index contributed by atoms with van der Waals surface area (Å²) in [7, 11) is 0. The predicted octanol–water partition coefficient (Wildman–Crippen LogP) is 2.14. The van der Waals surface area contributed by atoms with Gasteiger partial charge in [0.2, 0.25) is 0 Å². The van der Waals surface area contributed by atoms with Crippen LogP contribution in [-0.2, 0) is 4.79 Å². The number of aliphatic imine (C=N–C) groups is 1. The molecule has 0 saturated carbocycles. The maximum absolute atomic E-state index is 10.7. The van der Waals surface area contributed by atoms with E-state index in [0.29, 0.717) is 6.04 Å². The molecule has 1 unspecified atom stereocenters. The van der Waals surface area contributed by atoms with Crippen LogP contribution in [0.3, 0.4) is 0 Å². The van der Waals surface area contributed by atoms with Gasteiger partial charge >= 0.3 is 0 Å². The smallest absolute Gasteiger partial charge is 0.146 e. The lowest BCUT2D eigenvalue weighted by Crippen LogP contribution is -2.16. The van der Waals surface area contributed by atoms with E-state index in [9.17, 15) is 4.79 Å². The monoisotopic (exact) mass is 165 g/mol. The van der Waals surface area contributed by atoms with Crippen molar-refractivity contribution < 1.29 is 4.79 Å². The molecule has 0 radical (unpaired) electrons. The van der Waals surface area contributed by atoms with Gasteiger partial charge in [-0.15, -0.1) is 0 Å². The minimum Gasteiger partial charge on any atom is -0.298 e. The quantitative estimate of drug-likeness (QED) is 0.576. The van der Waals surface area contributed by atoms with E-state index in [4.69, 9.17) is 0 Å². The van der Waals surface area contributed by atoms with Crippen LogP contribution >= 0.6 is 0 Å². The fourth-order valence-corrected chi connectivity index (χ4v) is 1.43. The van der Waals surface area contributed by atoms with Crippen LogP contribution in [0.5, 0.6) is 0 Å². The average Bonchev–Trinajstić information content (AvgIpc) is 2.09. The summed E-state index contributed by atoms with van der Waals surface area (Å²) in [6, 6.07) is 0.328. The maximum Gasteiger partial charge on any atom is 0.146 e. The van der Waals surface area contributed by atoms with Gasteiger partial charge in [-0.2, -0.15) is 0 Å². The van der Waals surface area contributed by atoms with Crippen LogP contribution in [0.2, 0.25) is 0 Å². The third kappa shape index (κ3) is 1.63. The highest BCUT2D eigenvalue weighted by atomic mass is 16.1. The van der Waals surface area contributed by atoms with Crippen molar-refractivity contribution in [3.63, 3.8) is 0 Å². The Labute approximate surface area is 73.4 Å². The van der Waals surface area contributed by atoms with E-state index in [-0.39, 0.29) is 0 Å². The standard InChI is InChI=1S/C10H15NO/c1-4-10-5-9(6-12)7(2)8(3)11-10/h6,10H,4-5H2,1-3H3. The molecule has 0 saturated heterocycles. The van der Waals surface area contributed by atoms with Crippen LogP contribution in [-0.4, -0.2) is 18.0 Å². The number of rotatable bonds is 2. The average molecular weight is 165 g/mol. The summed E-state index contributed by atoms with van der Waals surface area (Å²) in [5.74, 6) is 0. The molecule has 2 nitrogen and oxygen atoms in total. The molecule has 2 heteroatoms. The highest BCUT2D eigenvalue weighted by Crippen LogP contribution is 2.20. The molecule has 1 atom stereocenters. The molecule has 0 aromatic rings. The second-order valence-electron chi connectivity index (χ2n) is 3.25. The van der Waals surface area contributed by atoms with Gasteiger partial charge in [0.15, 0.2) is 0 Å². The zero-order valence-corrected chi connectivity index (χ0v) is 7.92. The predicted molar refractivity (Wildman–Crippen MR) is 50.6 cm³/mol. The molecular formula is C10H15NO. The van der Waals surface area contributed by atoms with Gasteiger partial charge < -0.3 is 0 Å². The molecule has 1 heterocycles. The number of nitrogens with zero attached hydrogens (tertiary/aromatic N) is 1. The second kappa shape index (κ2) is 3.65. The van der Waals surface area contributed by atoms with E-state index in [1.165, 1.54) is 0 Å². The minimum absolute atomic E-state index is 0.328. The van der Waals surface area contributed by atoms with Crippen molar-refractivity contribution in [3.8, 4) is 0 Å². The van der Waals surface area contributed by atoms with Gasteiger partial charge in [0.1, 0.15) is 6.29 Å². The van der Waals surface area contributed by atoms with Gasteiger partial charge in [-0.3, -0.25) is 9.79 Å². The van der Waals surface area contributed by atoms with Crippen LogP contribution < -0.4 is 0 Å². The van der Waals surface area contributed by atoms with Crippen molar-refractivity contribution in [3.05, 3.63) is 11.1 Å². The van der Waals surface area contributed by atoms with Gasteiger partial charge in [-0.1, -0.05) is 6.92 Å². The Hall–Kier alpha value is -0.920. The minimum atomic E-state index is 0.328. The van der Waals surface area contributed by atoms with Gasteiger partial charge in [0, 0.05) is 5.71 Å². The van der Waals surface area contributed by atoms with E-state index in [2.05, 4.69) is 11.9 Å². The maximum atomic E-state index is 10.7. The third-order valence-electron chi connectivity index (χ3n) is 2.47. The highest BCUT2D eigenvalue weighted by Gasteiger charge is 2.16. The highest BCUT2D eigenvalue weighted by molar-refractivity contribution is 6.03. The van der Waals surface area contributed by atoms with Crippen LogP contribution in [0.25, 0.3) is 0 Å². The molecular weight excluding hydrogens is 150 g/mol. The van der Waals surface area contributed by atoms with Gasteiger partial charge in [0.25, 0.3) is 0 Å². The van der Waals surface area contributed by atoms with Crippen molar-refractivity contribution in [2.75, 3.05) is 0 Å². The summed E-state index contributed by atoms with van der Waals surface area (Å²) in [5.41, 5.74) is 3.01. The number of hydrogen-bond donors (Lipinski definition) is 0. The van der Waals surface area contributed by atoms with Crippen molar-refractivity contribution in [1.29, 1.82) is 0 Å². The molecule has 0 aliphatic carbocycles. The fraction of sp³-hybridized carbons (Fsp3) is 0.600. The molecule has 66 valence electrons. The zero-order valence-electron chi connectivity index (χ0n) is 7.92. The van der Waals surface area contributed by atoms with Crippen molar-refractivity contribution >= 4 is 12.0 Å². The SMILES string of the molecule is CCC1CC(C=O)=C(C)C(C)=N1. The van der Waals surface area contributed by atoms with Crippen molar-refractivity contribution in [2.24, 2.45) is 4.99 Å². The molecule has 1 rings (SSSR count). The molecule has 0 aromatic heterocycles. The zero-order chi connectivity index (χ0) is 9.14. The van der Waals surface area contributed by atoms with Crippen LogP contribution in [0.1, 0.15) is 33.6 Å². The molecule has 0 bridgehead atoms. The molecule has 0 spiro atoms. The largest absolute Gasteiger partial charge is 0.298 e. The first-order valence-corrected chi connectivity index (χ1v) is 4.38. The van der Waals surface area contributed by atoms with E-state index < -0.39 is 0 Å². The summed E-state index contributed by atoms with van der Waals surface area (Å²) >= 11 is 0. The Bertz CT molecular complexity index is 251. The number of aldehydes is 1. The summed E-state index contributed by atoms with van der Waals surface area (Å²) < 4.78 is 0. The molecule has 1 aliphatic rings. The normalized spacial score (nSPS) is 23.9. The van der Waals surface area contributed by atoms with Crippen LogP contribution in [0, 0.1) is 0 Å². The number of carbonyl (C=O) groups excluding carboxylic acids is 1. The Morgan fingerprint density at radius 3 is 2.75 bits per heavy atom. The summed E-state index contributed by atoms with van der Waals surface area (Å²) in [4.78, 5) is 15.1. The molecule has 0 amide bonds. The van der Waals surface area contributed by atoms with E-state index in [1.807, 2.05) is 13.8 Å². The Morgan fingerprint density at radius 1 is 1.58 bits per heavy atom. The number of allylic oxidation sites excluding steroid dienone is 1. The number of dihydropyridines is 1. The lowest BCUT2D eigenvalue weighted by molar-refractivity contribution is -0.105. The Morgan fingerprint density at radius 2 is 2.25 bits per heavy atom. The van der Waals surface area contributed by atoms with E-state index >= 15 is 0 Å². The van der Waals surface area contributed by atoms with Gasteiger partial charge in [0.05, 0.1) is 6.04 Å². The topological polar surface area (TPSA) is 29.4 Å². The van der Waals surface area contributed by atoms with Crippen LogP contribution in [0.4, 0.5) is 0 Å². The van der Waals surface area contributed by atoms with Crippen molar-refractivity contribution in [1.82, 2.24) is 0 Å². The Kier molecular flexibility index (Phi) is 2.79. The third-order valence-corrected chi connectivity index (χ3v) is 2.47. The van der Waals surface area contributed by atoms with Crippen LogP contribution in [0.15, 0.2) is 16.1 Å². The molecule has 0 aromatic carbocycles. The summed E-state index contributed by atoms with van der Waals surface area (Å²) in [6.07, 6.45) is 2.81. The van der Waals surface area contributed by atoms with Gasteiger partial charge in [-0.25, -0.2) is 0 Å². The number of carbonyl (C=O) groups is 1. The van der Waals surface area contributed by atoms with E-state index in [0.717, 1.165) is 36.0 Å². The fourth-order valence-electron chi connectivity index (χ4n) is 1.43. The lowest BCUT2D eigenvalue weighted by atomic mass is 9.95. The van der Waals surface area contributed by atoms with Crippen molar-refractivity contribution in [2.45, 2.75) is 39.7 Å². The summed E-state index contributed by atoms with van der Waals surface area (Å²) in [6.45, 7) is 6.04. The first-order valence-electron chi connectivity index (χ1n) is 4.38. The molecule has 1 aliphatic heterocycles. The first kappa shape index (κ1) is 9.17. The first-order chi connectivity index (χ1) is 5.69. The lowest BCUT2D eigenvalue weighted by Gasteiger charge is -2.19. The number of hydrogen-bond acceptors (Lipinski definition) is 2. The summed E-state index contributed by atoms with van der Waals surface area (Å²) in [5, 5.41) is 0. The molecule has 12 heavy (non-hydrogen) atoms.